The summed E-state index contributed by atoms with van der Waals surface area (Å²) in [6.07, 6.45) is 0. The van der Waals surface area contributed by atoms with E-state index in [1.807, 2.05) is 12.1 Å². The lowest BCUT2D eigenvalue weighted by molar-refractivity contribution is 0.0594. The van der Waals surface area contributed by atoms with E-state index in [4.69, 9.17) is 21.1 Å². The Labute approximate surface area is 138 Å². The summed E-state index contributed by atoms with van der Waals surface area (Å²) in [4.78, 5) is 19.4. The first-order valence-electron chi connectivity index (χ1n) is 6.64. The Kier molecular flexibility index (Phi) is 5.59. The maximum Gasteiger partial charge on any atom is 0.356 e. The Balaban J connectivity index is 2.17. The zero-order valence-electron chi connectivity index (χ0n) is 12.9. The number of methoxy groups -OCH3 is 3. The summed E-state index contributed by atoms with van der Waals surface area (Å²) in [6.45, 7) is 0.432. The van der Waals surface area contributed by atoms with Crippen LogP contribution in [0.15, 0.2) is 24.3 Å². The molecule has 0 saturated carbocycles. The normalized spacial score (nSPS) is 10.1. The molecule has 1 N–H and O–H groups in total. The molecule has 7 nitrogen and oxygen atoms in total. The third-order valence-corrected chi connectivity index (χ3v) is 3.15. The quantitative estimate of drug-likeness (QED) is 0.640. The third kappa shape index (κ3) is 4.46. The zero-order chi connectivity index (χ0) is 16.8. The molecule has 0 spiro atoms. The molecular weight excluding hydrogens is 322 g/mol. The summed E-state index contributed by atoms with van der Waals surface area (Å²) in [5, 5.41) is 3.03. The number of nitrogens with zero attached hydrogens (tertiary/aromatic N) is 2. The van der Waals surface area contributed by atoms with Crippen LogP contribution in [0.25, 0.3) is 0 Å². The predicted molar refractivity (Wildman–Crippen MR) is 85.3 cm³/mol. The van der Waals surface area contributed by atoms with Crippen molar-refractivity contribution in [2.45, 2.75) is 6.54 Å². The molecular formula is C15H16ClN3O4. The van der Waals surface area contributed by atoms with E-state index in [2.05, 4.69) is 20.0 Å². The van der Waals surface area contributed by atoms with Gasteiger partial charge in [-0.25, -0.2) is 14.8 Å². The van der Waals surface area contributed by atoms with E-state index >= 15 is 0 Å². The number of hydrogen-bond donors (Lipinski definition) is 1. The van der Waals surface area contributed by atoms with Crippen molar-refractivity contribution >= 4 is 23.4 Å². The highest BCUT2D eigenvalue weighted by Crippen LogP contribution is 2.23. The Morgan fingerprint density at radius 3 is 2.30 bits per heavy atom. The van der Waals surface area contributed by atoms with Crippen LogP contribution in [-0.4, -0.2) is 37.3 Å². The summed E-state index contributed by atoms with van der Waals surface area (Å²) in [5.74, 6) is 1.18. The first kappa shape index (κ1) is 16.8. The minimum Gasteiger partial charge on any atom is -0.497 e. The fourth-order valence-corrected chi connectivity index (χ4v) is 2.06. The lowest BCUT2D eigenvalue weighted by Crippen LogP contribution is -2.08. The van der Waals surface area contributed by atoms with E-state index in [0.29, 0.717) is 23.9 Å². The molecule has 0 bridgehead atoms. The minimum atomic E-state index is -0.583. The molecule has 0 amide bonds. The van der Waals surface area contributed by atoms with Gasteiger partial charge in [-0.2, -0.15) is 0 Å². The number of hydrogen-bond acceptors (Lipinski definition) is 7. The van der Waals surface area contributed by atoms with Gasteiger partial charge < -0.3 is 19.5 Å². The van der Waals surface area contributed by atoms with E-state index in [0.717, 1.165) is 5.56 Å². The van der Waals surface area contributed by atoms with E-state index in [1.54, 1.807) is 20.3 Å². The zero-order valence-corrected chi connectivity index (χ0v) is 13.7. The lowest BCUT2D eigenvalue weighted by Gasteiger charge is -2.10. The highest BCUT2D eigenvalue weighted by atomic mass is 35.5. The van der Waals surface area contributed by atoms with Crippen LogP contribution in [0.1, 0.15) is 16.1 Å². The van der Waals surface area contributed by atoms with Gasteiger partial charge >= 0.3 is 5.97 Å². The second kappa shape index (κ2) is 7.64. The van der Waals surface area contributed by atoms with Gasteiger partial charge in [0.15, 0.2) is 5.69 Å². The molecule has 0 saturated heterocycles. The smallest absolute Gasteiger partial charge is 0.356 e. The van der Waals surface area contributed by atoms with E-state index < -0.39 is 5.97 Å². The van der Waals surface area contributed by atoms with Crippen molar-refractivity contribution in [2.75, 3.05) is 26.6 Å². The Hall–Kier alpha value is -2.54. The van der Waals surface area contributed by atoms with Gasteiger partial charge in [0, 0.05) is 18.7 Å². The number of aromatic nitrogens is 2. The SMILES string of the molecule is COC(=O)c1cc(NCc2cc(OC)cc(OC)c2)nc(Cl)n1. The van der Waals surface area contributed by atoms with Gasteiger partial charge in [-0.05, 0) is 29.3 Å². The topological polar surface area (TPSA) is 82.6 Å². The monoisotopic (exact) mass is 337 g/mol. The van der Waals surface area contributed by atoms with E-state index in [9.17, 15) is 4.79 Å². The lowest BCUT2D eigenvalue weighted by atomic mass is 10.2. The standard InChI is InChI=1S/C15H16ClN3O4/c1-21-10-4-9(5-11(6-10)22-2)8-17-13-7-12(14(20)23-3)18-15(16)19-13/h4-7H,8H2,1-3H3,(H,17,18,19). The predicted octanol–water partition coefficient (Wildman–Crippen LogP) is 2.55. The molecule has 122 valence electrons. The fourth-order valence-electron chi connectivity index (χ4n) is 1.88. The van der Waals surface area contributed by atoms with Gasteiger partial charge in [0.05, 0.1) is 21.3 Å². The van der Waals surface area contributed by atoms with Crippen molar-refractivity contribution in [3.8, 4) is 11.5 Å². The second-order valence-corrected chi connectivity index (χ2v) is 4.81. The number of carbonyl (C=O) groups excluding carboxylic acids is 1. The fraction of sp³-hybridized carbons (Fsp3) is 0.267. The first-order chi connectivity index (χ1) is 11.0. The second-order valence-electron chi connectivity index (χ2n) is 4.47. The molecule has 2 rings (SSSR count). The molecule has 0 unspecified atom stereocenters. The number of nitrogens with one attached hydrogen (secondary N) is 1. The molecule has 0 aliphatic heterocycles. The maximum atomic E-state index is 11.5. The molecule has 8 heteroatoms. The molecule has 1 heterocycles. The van der Waals surface area contributed by atoms with Crippen LogP contribution in [0.3, 0.4) is 0 Å². The molecule has 0 aliphatic rings. The van der Waals surface area contributed by atoms with Crippen LogP contribution in [0.4, 0.5) is 5.82 Å². The molecule has 0 atom stereocenters. The highest BCUT2D eigenvalue weighted by Gasteiger charge is 2.11. The Bertz CT molecular complexity index is 687. The number of carbonyl (C=O) groups is 1. The summed E-state index contributed by atoms with van der Waals surface area (Å²) in [7, 11) is 4.44. The van der Waals surface area contributed by atoms with Crippen molar-refractivity contribution in [1.82, 2.24) is 9.97 Å². The largest absolute Gasteiger partial charge is 0.497 e. The van der Waals surface area contributed by atoms with Crippen molar-refractivity contribution in [3.05, 3.63) is 40.8 Å². The molecule has 1 aromatic heterocycles. The van der Waals surface area contributed by atoms with Crippen molar-refractivity contribution < 1.29 is 19.0 Å². The molecule has 1 aromatic carbocycles. The molecule has 0 fully saturated rings. The van der Waals surface area contributed by atoms with E-state index in [1.165, 1.54) is 13.2 Å². The molecule has 2 aromatic rings. The van der Waals surface area contributed by atoms with Gasteiger partial charge in [0.2, 0.25) is 5.28 Å². The average molecular weight is 338 g/mol. The van der Waals surface area contributed by atoms with E-state index in [-0.39, 0.29) is 11.0 Å². The Morgan fingerprint density at radius 1 is 1.09 bits per heavy atom. The number of rotatable bonds is 6. The summed E-state index contributed by atoms with van der Waals surface area (Å²) < 4.78 is 15.1. The summed E-state index contributed by atoms with van der Waals surface area (Å²) in [5.41, 5.74) is 0.994. The third-order valence-electron chi connectivity index (χ3n) is 2.98. The first-order valence-corrected chi connectivity index (χ1v) is 7.02. The number of halogens is 1. The Morgan fingerprint density at radius 2 is 1.74 bits per heavy atom. The molecule has 0 aliphatic carbocycles. The summed E-state index contributed by atoms with van der Waals surface area (Å²) in [6, 6.07) is 6.97. The van der Waals surface area contributed by atoms with Gasteiger partial charge in [-0.15, -0.1) is 0 Å². The van der Waals surface area contributed by atoms with Gasteiger partial charge in [0.1, 0.15) is 17.3 Å². The highest BCUT2D eigenvalue weighted by molar-refractivity contribution is 6.28. The van der Waals surface area contributed by atoms with Crippen LogP contribution >= 0.6 is 11.6 Å². The van der Waals surface area contributed by atoms with Crippen LogP contribution in [0.5, 0.6) is 11.5 Å². The molecule has 23 heavy (non-hydrogen) atoms. The van der Waals surface area contributed by atoms with Crippen molar-refractivity contribution in [3.63, 3.8) is 0 Å². The summed E-state index contributed by atoms with van der Waals surface area (Å²) >= 11 is 5.82. The number of anilines is 1. The van der Waals surface area contributed by atoms with Gasteiger partial charge in [-0.3, -0.25) is 0 Å². The van der Waals surface area contributed by atoms with Crippen molar-refractivity contribution in [1.29, 1.82) is 0 Å². The van der Waals surface area contributed by atoms with Crippen LogP contribution in [0, 0.1) is 0 Å². The van der Waals surface area contributed by atoms with Crippen LogP contribution < -0.4 is 14.8 Å². The maximum absolute atomic E-state index is 11.5. The number of benzene rings is 1. The van der Waals surface area contributed by atoms with Gasteiger partial charge in [0.25, 0.3) is 0 Å². The molecule has 0 radical (unpaired) electrons. The van der Waals surface area contributed by atoms with Crippen molar-refractivity contribution in [2.24, 2.45) is 0 Å². The van der Waals surface area contributed by atoms with Crippen LogP contribution in [0.2, 0.25) is 5.28 Å². The minimum absolute atomic E-state index is 0.0429. The van der Waals surface area contributed by atoms with Gasteiger partial charge in [-0.1, -0.05) is 0 Å². The average Bonchev–Trinajstić information content (AvgIpc) is 2.58. The van der Waals surface area contributed by atoms with Crippen LogP contribution in [-0.2, 0) is 11.3 Å². The number of ether oxygens (including phenoxy) is 3. The number of esters is 1.